The van der Waals surface area contributed by atoms with Crippen molar-refractivity contribution in [3.05, 3.63) is 80.3 Å². The molecule has 1 fully saturated rings. The highest BCUT2D eigenvalue weighted by atomic mass is 127. The number of rotatable bonds is 6. The zero-order valence-corrected chi connectivity index (χ0v) is 19.7. The fourth-order valence-corrected chi connectivity index (χ4v) is 6.07. The summed E-state index contributed by atoms with van der Waals surface area (Å²) < 4.78 is 42.2. The van der Waals surface area contributed by atoms with Gasteiger partial charge in [0, 0.05) is 15.0 Å². The number of sulfonamides is 1. The largest absolute Gasteiger partial charge is 0.274 e. The van der Waals surface area contributed by atoms with Gasteiger partial charge in [0.2, 0.25) is 15.9 Å². The molecule has 1 aromatic heterocycles. The third-order valence-corrected chi connectivity index (χ3v) is 8.32. The second-order valence-corrected chi connectivity index (χ2v) is 11.0. The highest BCUT2D eigenvalue weighted by Gasteiger charge is 2.47. The number of benzene rings is 2. The van der Waals surface area contributed by atoms with Crippen LogP contribution in [-0.4, -0.2) is 30.6 Å². The summed E-state index contributed by atoms with van der Waals surface area (Å²) in [5, 5.41) is 1.80. The van der Waals surface area contributed by atoms with Crippen molar-refractivity contribution >= 4 is 61.5 Å². The number of carbonyl (C=O) groups is 2. The van der Waals surface area contributed by atoms with Crippen LogP contribution in [0.25, 0.3) is 0 Å². The summed E-state index contributed by atoms with van der Waals surface area (Å²) in [4.78, 5) is 27.6. The first-order chi connectivity index (χ1) is 14.8. The van der Waals surface area contributed by atoms with Gasteiger partial charge in [0.1, 0.15) is 11.9 Å². The van der Waals surface area contributed by atoms with E-state index < -0.39 is 33.7 Å². The van der Waals surface area contributed by atoms with E-state index in [4.69, 9.17) is 0 Å². The molecule has 1 saturated heterocycles. The van der Waals surface area contributed by atoms with E-state index in [1.807, 2.05) is 0 Å². The van der Waals surface area contributed by atoms with Crippen molar-refractivity contribution in [2.45, 2.75) is 23.9 Å². The predicted octanol–water partition coefficient (Wildman–Crippen LogP) is 4.01. The first-order valence-corrected chi connectivity index (χ1v) is 12.6. The number of imide groups is 1. The molecule has 0 saturated carbocycles. The van der Waals surface area contributed by atoms with Gasteiger partial charge in [0.25, 0.3) is 5.91 Å². The van der Waals surface area contributed by atoms with Crippen molar-refractivity contribution in [2.75, 3.05) is 4.90 Å². The summed E-state index contributed by atoms with van der Waals surface area (Å²) in [6.45, 7) is -0.0679. The first-order valence-electron chi connectivity index (χ1n) is 9.19. The van der Waals surface area contributed by atoms with E-state index in [9.17, 15) is 22.4 Å². The van der Waals surface area contributed by atoms with Gasteiger partial charge in [-0.05, 0) is 82.6 Å². The Balaban J connectivity index is 1.73. The van der Waals surface area contributed by atoms with E-state index in [1.165, 1.54) is 11.3 Å². The molecular weight excluding hydrogens is 554 g/mol. The van der Waals surface area contributed by atoms with Gasteiger partial charge >= 0.3 is 0 Å². The van der Waals surface area contributed by atoms with Crippen LogP contribution in [0.1, 0.15) is 11.3 Å². The van der Waals surface area contributed by atoms with Crippen LogP contribution in [0.4, 0.5) is 10.1 Å². The summed E-state index contributed by atoms with van der Waals surface area (Å²) in [6, 6.07) is 13.6. The van der Waals surface area contributed by atoms with Crippen molar-refractivity contribution in [1.29, 1.82) is 0 Å². The number of halogens is 2. The topological polar surface area (TPSA) is 74.8 Å². The number of amides is 2. The summed E-state index contributed by atoms with van der Waals surface area (Å²) in [6.07, 6.45) is -0.267. The lowest BCUT2D eigenvalue weighted by molar-refractivity contribution is -0.122. The quantitative estimate of drug-likeness (QED) is 0.332. The molecule has 0 aliphatic carbocycles. The second-order valence-electron chi connectivity index (χ2n) is 6.85. The molecule has 0 N–H and O–H groups in total. The van der Waals surface area contributed by atoms with Crippen LogP contribution in [0.15, 0.2) is 70.9 Å². The van der Waals surface area contributed by atoms with E-state index in [1.54, 1.807) is 41.8 Å². The molecule has 4 rings (SSSR count). The molecule has 2 aromatic carbocycles. The molecule has 3 aromatic rings. The highest BCUT2D eigenvalue weighted by molar-refractivity contribution is 14.1. The molecule has 1 atom stereocenters. The van der Waals surface area contributed by atoms with Gasteiger partial charge < -0.3 is 0 Å². The van der Waals surface area contributed by atoms with Gasteiger partial charge in [-0.3, -0.25) is 9.59 Å². The standard InChI is InChI=1S/C21H16FIN2O4S2/c22-14-3-9-18(10-4-14)31(28,29)24(13-17-2-1-11-30-17)19-12-20(26)25(21(19)27)16-7-5-15(23)6-8-16/h1-11,19H,12-13H2. The molecule has 1 aliphatic heterocycles. The lowest BCUT2D eigenvalue weighted by atomic mass is 10.2. The van der Waals surface area contributed by atoms with E-state index >= 15 is 0 Å². The van der Waals surface area contributed by atoms with Crippen LogP contribution in [0.5, 0.6) is 0 Å². The maximum atomic E-state index is 13.4. The predicted molar refractivity (Wildman–Crippen MR) is 124 cm³/mol. The molecule has 31 heavy (non-hydrogen) atoms. The van der Waals surface area contributed by atoms with Crippen molar-refractivity contribution < 1.29 is 22.4 Å². The van der Waals surface area contributed by atoms with Gasteiger partial charge in [-0.1, -0.05) is 6.07 Å². The van der Waals surface area contributed by atoms with Gasteiger partial charge in [-0.2, -0.15) is 4.31 Å². The van der Waals surface area contributed by atoms with Crippen LogP contribution < -0.4 is 4.90 Å². The number of hydrogen-bond donors (Lipinski definition) is 0. The average Bonchev–Trinajstić information content (AvgIpc) is 3.35. The van der Waals surface area contributed by atoms with Crippen molar-refractivity contribution in [1.82, 2.24) is 4.31 Å². The van der Waals surface area contributed by atoms with E-state index in [-0.39, 0.29) is 17.9 Å². The highest BCUT2D eigenvalue weighted by Crippen LogP contribution is 2.31. The lowest BCUT2D eigenvalue weighted by Crippen LogP contribution is -2.44. The third-order valence-electron chi connectivity index (χ3n) is 4.87. The molecule has 1 unspecified atom stereocenters. The lowest BCUT2D eigenvalue weighted by Gasteiger charge is -2.26. The smallest absolute Gasteiger partial charge is 0.252 e. The Bertz CT molecular complexity index is 1210. The Hall–Kier alpha value is -2.15. The Labute approximate surface area is 196 Å². The molecule has 6 nitrogen and oxygen atoms in total. The Kier molecular flexibility index (Phi) is 6.24. The minimum Gasteiger partial charge on any atom is -0.274 e. The fraction of sp³-hybridized carbons (Fsp3) is 0.143. The van der Waals surface area contributed by atoms with Gasteiger partial charge in [-0.15, -0.1) is 11.3 Å². The first kappa shape index (κ1) is 22.1. The van der Waals surface area contributed by atoms with E-state index in [2.05, 4.69) is 22.6 Å². The molecule has 160 valence electrons. The second kappa shape index (κ2) is 8.77. The van der Waals surface area contributed by atoms with Crippen molar-refractivity contribution in [2.24, 2.45) is 0 Å². The molecule has 0 spiro atoms. The molecular formula is C21H16FIN2O4S2. The number of anilines is 1. The molecule has 2 heterocycles. The minimum atomic E-state index is -4.17. The van der Waals surface area contributed by atoms with Gasteiger partial charge in [0.15, 0.2) is 0 Å². The summed E-state index contributed by atoms with van der Waals surface area (Å²) in [7, 11) is -4.17. The monoisotopic (exact) mass is 570 g/mol. The molecule has 0 radical (unpaired) electrons. The summed E-state index contributed by atoms with van der Waals surface area (Å²) >= 11 is 3.46. The molecule has 0 bridgehead atoms. The van der Waals surface area contributed by atoms with Crippen molar-refractivity contribution in [3.63, 3.8) is 0 Å². The minimum absolute atomic E-state index is 0.0679. The number of nitrogens with zero attached hydrogens (tertiary/aromatic N) is 2. The number of carbonyl (C=O) groups excluding carboxylic acids is 2. The fourth-order valence-electron chi connectivity index (χ4n) is 3.36. The molecule has 10 heteroatoms. The van der Waals surface area contributed by atoms with Crippen LogP contribution >= 0.6 is 33.9 Å². The van der Waals surface area contributed by atoms with Crippen LogP contribution in [0.3, 0.4) is 0 Å². The van der Waals surface area contributed by atoms with E-state index in [0.29, 0.717) is 5.69 Å². The maximum Gasteiger partial charge on any atom is 0.252 e. The average molecular weight is 570 g/mol. The van der Waals surface area contributed by atoms with Crippen LogP contribution in [0, 0.1) is 9.39 Å². The third kappa shape index (κ3) is 4.43. The summed E-state index contributed by atoms with van der Waals surface area (Å²) in [5.41, 5.74) is 0.396. The Morgan fingerprint density at radius 2 is 1.74 bits per heavy atom. The number of hydrogen-bond acceptors (Lipinski definition) is 5. The van der Waals surface area contributed by atoms with Crippen LogP contribution in [-0.2, 0) is 26.2 Å². The SMILES string of the molecule is O=C1CC(N(Cc2cccs2)S(=O)(=O)c2ccc(F)cc2)C(=O)N1c1ccc(I)cc1. The van der Waals surface area contributed by atoms with Crippen LogP contribution in [0.2, 0.25) is 0 Å². The van der Waals surface area contributed by atoms with Crippen molar-refractivity contribution in [3.8, 4) is 0 Å². The van der Waals surface area contributed by atoms with E-state index in [0.717, 1.165) is 41.9 Å². The van der Waals surface area contributed by atoms with Gasteiger partial charge in [0.05, 0.1) is 17.0 Å². The Morgan fingerprint density at radius 1 is 1.06 bits per heavy atom. The zero-order valence-electron chi connectivity index (χ0n) is 15.9. The van der Waals surface area contributed by atoms with Gasteiger partial charge in [-0.25, -0.2) is 17.7 Å². The normalized spacial score (nSPS) is 17.0. The zero-order chi connectivity index (χ0) is 22.2. The summed E-state index contributed by atoms with van der Waals surface area (Å²) in [5.74, 6) is -1.64. The maximum absolute atomic E-state index is 13.4. The Morgan fingerprint density at radius 3 is 2.35 bits per heavy atom. The number of thiophene rings is 1. The molecule has 2 amide bonds. The molecule has 1 aliphatic rings.